The third-order valence-electron chi connectivity index (χ3n) is 13.5. The van der Waals surface area contributed by atoms with Crippen molar-refractivity contribution in [3.8, 4) is 22.3 Å². The van der Waals surface area contributed by atoms with Gasteiger partial charge in [0.25, 0.3) is 0 Å². The SMILES string of the molecule is CCC1=Cc2c(-c3cc(C(C)(C)C)cc(C(C)(C)C)c3)cccc2[CH]1[Hf+2]1([CH]2C(CC)=Cc3c(-c4cc(C(C)(C)C)cc(C(C)(C)C)c4)cccc32)[CH2]C[CH2]1.[Cl-].[Cl-]. The molecule has 1 heterocycles. The third kappa shape index (κ3) is 7.94. The Morgan fingerprint density at radius 3 is 1.05 bits per heavy atom. The fraction of sp³-hybridized carbons (Fsp3) is 0.472. The van der Waals surface area contributed by atoms with Crippen LogP contribution in [0, 0.1) is 0 Å². The van der Waals surface area contributed by atoms with Gasteiger partial charge in [0.1, 0.15) is 0 Å². The second-order valence-corrected chi connectivity index (χ2v) is 37.9. The number of fused-ring (bicyclic) bond motifs is 2. The van der Waals surface area contributed by atoms with E-state index in [1.807, 2.05) is 0 Å². The quantitative estimate of drug-likeness (QED) is 0.169. The molecule has 0 amide bonds. The molecule has 0 aromatic heterocycles. The van der Waals surface area contributed by atoms with Gasteiger partial charge in [0.15, 0.2) is 0 Å². The number of hydrogen-bond donors (Lipinski definition) is 0. The van der Waals surface area contributed by atoms with Gasteiger partial charge in [0.2, 0.25) is 0 Å². The Labute approximate surface area is 358 Å². The average molecular weight is 955 g/mol. The first-order valence-corrected chi connectivity index (χ1v) is 30.4. The molecule has 0 saturated carbocycles. The van der Waals surface area contributed by atoms with Crippen LogP contribution in [0.25, 0.3) is 34.4 Å². The number of rotatable bonds is 6. The van der Waals surface area contributed by atoms with Crippen LogP contribution < -0.4 is 24.8 Å². The molecule has 0 nitrogen and oxygen atoms in total. The van der Waals surface area contributed by atoms with E-state index in [1.54, 1.807) is 22.3 Å². The van der Waals surface area contributed by atoms with Crippen molar-refractivity contribution < 1.29 is 44.8 Å². The molecular weight excluding hydrogens is 886 g/mol. The van der Waals surface area contributed by atoms with Crippen molar-refractivity contribution >= 4 is 12.2 Å². The summed E-state index contributed by atoms with van der Waals surface area (Å²) in [6.45, 7) is 33.2. The first-order valence-electron chi connectivity index (χ1n) is 21.2. The zero-order chi connectivity index (χ0) is 39.2. The van der Waals surface area contributed by atoms with Crippen molar-refractivity contribution in [1.82, 2.24) is 0 Å². The summed E-state index contributed by atoms with van der Waals surface area (Å²) in [5.74, 6) is 0. The molecule has 1 saturated heterocycles. The molecule has 0 spiro atoms. The molecule has 1 fully saturated rings. The van der Waals surface area contributed by atoms with E-state index in [9.17, 15) is 0 Å². The van der Waals surface area contributed by atoms with Crippen LogP contribution in [0.1, 0.15) is 168 Å². The molecule has 56 heavy (non-hydrogen) atoms. The van der Waals surface area contributed by atoms with Crippen molar-refractivity contribution in [2.24, 2.45) is 0 Å². The molecule has 3 aliphatic rings. The summed E-state index contributed by atoms with van der Waals surface area (Å²) < 4.78 is 4.33. The van der Waals surface area contributed by atoms with Gasteiger partial charge >= 0.3 is 336 Å². The number of allylic oxidation sites excluding steroid dienone is 2. The normalized spacial score (nSPS) is 18.3. The molecule has 2 atom stereocenters. The Morgan fingerprint density at radius 1 is 0.482 bits per heavy atom. The minimum absolute atomic E-state index is 0. The second-order valence-electron chi connectivity index (χ2n) is 21.3. The van der Waals surface area contributed by atoms with Crippen LogP contribution in [0.4, 0.5) is 0 Å². The zero-order valence-electron chi connectivity index (χ0n) is 37.0. The van der Waals surface area contributed by atoms with Crippen molar-refractivity contribution in [3.05, 3.63) is 128 Å². The van der Waals surface area contributed by atoms with Crippen LogP contribution in [-0.2, 0) is 41.6 Å². The fourth-order valence-electron chi connectivity index (χ4n) is 10.0. The van der Waals surface area contributed by atoms with Gasteiger partial charge in [0, 0.05) is 0 Å². The maximum atomic E-state index is 2.68. The topological polar surface area (TPSA) is 0 Å². The van der Waals surface area contributed by atoms with E-state index in [1.165, 1.54) is 70.4 Å². The van der Waals surface area contributed by atoms with Gasteiger partial charge in [-0.3, -0.25) is 0 Å². The minimum atomic E-state index is -3.14. The first kappa shape index (κ1) is 44.9. The number of benzene rings is 4. The molecule has 4 aromatic rings. The smallest absolute Gasteiger partial charge is 1.00 e. The summed E-state index contributed by atoms with van der Waals surface area (Å²) in [6.07, 6.45) is 9.08. The molecule has 7 rings (SSSR count). The summed E-state index contributed by atoms with van der Waals surface area (Å²) in [5, 5.41) is 0. The zero-order valence-corrected chi connectivity index (χ0v) is 42.1. The Hall–Kier alpha value is -2.19. The molecule has 2 unspecified atom stereocenters. The summed E-state index contributed by atoms with van der Waals surface area (Å²) in [5.41, 5.74) is 21.6. The van der Waals surface area contributed by atoms with E-state index in [4.69, 9.17) is 0 Å². The molecule has 2 aliphatic carbocycles. The largest absolute Gasteiger partial charge is 1.00 e. The number of halogens is 2. The predicted molar refractivity (Wildman–Crippen MR) is 235 cm³/mol. The maximum Gasteiger partial charge on any atom is -1.00 e. The van der Waals surface area contributed by atoms with Crippen LogP contribution in [0.15, 0.2) is 83.9 Å². The Bertz CT molecular complexity index is 1950. The van der Waals surface area contributed by atoms with E-state index in [0.29, 0.717) is 7.35 Å². The summed E-state index contributed by atoms with van der Waals surface area (Å²) >= 11 is -3.14. The summed E-state index contributed by atoms with van der Waals surface area (Å²) in [6, 6.07) is 29.7. The fourth-order valence-corrected chi connectivity index (χ4v) is 33.2. The third-order valence-corrected chi connectivity index (χ3v) is 35.9. The van der Waals surface area contributed by atoms with Crippen LogP contribution in [-0.4, -0.2) is 0 Å². The number of hydrogen-bond acceptors (Lipinski definition) is 0. The molecule has 0 N–H and O–H groups in total. The van der Waals surface area contributed by atoms with Crippen LogP contribution in [0.3, 0.4) is 0 Å². The van der Waals surface area contributed by atoms with Crippen LogP contribution in [0.5, 0.6) is 0 Å². The van der Waals surface area contributed by atoms with Crippen molar-refractivity contribution in [1.29, 1.82) is 0 Å². The summed E-state index contributed by atoms with van der Waals surface area (Å²) in [4.78, 5) is 0. The Morgan fingerprint density at radius 2 is 0.804 bits per heavy atom. The Kier molecular flexibility index (Phi) is 12.6. The Balaban J connectivity index is 0.00000300. The first-order chi connectivity index (χ1) is 25.2. The molecule has 3 heteroatoms. The average Bonchev–Trinajstić information content (AvgIpc) is 3.65. The predicted octanol–water partition coefficient (Wildman–Crippen LogP) is 10.0. The minimum Gasteiger partial charge on any atom is -1.00 e. The maximum absolute atomic E-state index is 3.14. The monoisotopic (exact) mass is 954 g/mol. The molecule has 1 aliphatic heterocycles. The van der Waals surface area contributed by atoms with Crippen molar-refractivity contribution in [2.45, 2.75) is 154 Å². The van der Waals surface area contributed by atoms with Crippen molar-refractivity contribution in [3.63, 3.8) is 0 Å². The molecule has 0 bridgehead atoms. The van der Waals surface area contributed by atoms with E-state index in [2.05, 4.69) is 182 Å². The molecule has 298 valence electrons. The van der Waals surface area contributed by atoms with Crippen LogP contribution in [0.2, 0.25) is 8.35 Å². The molecule has 4 aromatic carbocycles. The van der Waals surface area contributed by atoms with Gasteiger partial charge < -0.3 is 24.8 Å². The molecule has 0 radical (unpaired) electrons. The van der Waals surface area contributed by atoms with Gasteiger partial charge in [-0.1, -0.05) is 0 Å². The van der Waals surface area contributed by atoms with E-state index >= 15 is 0 Å². The van der Waals surface area contributed by atoms with E-state index in [-0.39, 0.29) is 46.5 Å². The van der Waals surface area contributed by atoms with Gasteiger partial charge in [-0.2, -0.15) is 0 Å². The van der Waals surface area contributed by atoms with Gasteiger partial charge in [0.05, 0.1) is 0 Å². The van der Waals surface area contributed by atoms with E-state index in [0.717, 1.165) is 12.8 Å². The van der Waals surface area contributed by atoms with Crippen molar-refractivity contribution in [2.75, 3.05) is 0 Å². The molecular formula is C53H68Cl2Hf. The second kappa shape index (κ2) is 15.8. The summed E-state index contributed by atoms with van der Waals surface area (Å²) in [7, 11) is 0. The van der Waals surface area contributed by atoms with Gasteiger partial charge in [-0.25, -0.2) is 0 Å². The van der Waals surface area contributed by atoms with Gasteiger partial charge in [-0.05, 0) is 0 Å². The standard InChI is InChI=1S/2C25H31.C3H6.2ClH.Hf/c2*1-8-17-12-18-10-9-11-22(23(18)13-17)19-14-20(24(2,3)4)16-21(15-19)25(5,6)7;1-3-2;;;/h2*9-16H,8H2,1-7H3;1-3H2;2*1H;/q;;;;;+2/p-2. The van der Waals surface area contributed by atoms with Crippen LogP contribution >= 0.6 is 0 Å². The van der Waals surface area contributed by atoms with E-state index < -0.39 is 20.0 Å². The van der Waals surface area contributed by atoms with Gasteiger partial charge in [-0.15, -0.1) is 0 Å².